The van der Waals surface area contributed by atoms with E-state index in [1.54, 1.807) is 36.4 Å². The number of carbonyl (C=O) groups excluding carboxylic acids is 1. The molecule has 2 aromatic carbocycles. The fraction of sp³-hybridized carbons (Fsp3) is 0.172. The minimum Gasteiger partial charge on any atom is -0.618 e. The second-order valence-electron chi connectivity index (χ2n) is 9.74. The highest BCUT2D eigenvalue weighted by Crippen LogP contribution is 2.34. The van der Waals surface area contributed by atoms with Crippen molar-refractivity contribution in [3.63, 3.8) is 0 Å². The lowest BCUT2D eigenvalue weighted by atomic mass is 9.87. The van der Waals surface area contributed by atoms with E-state index >= 15 is 0 Å². The summed E-state index contributed by atoms with van der Waals surface area (Å²) in [6.45, 7) is 0. The van der Waals surface area contributed by atoms with Crippen molar-refractivity contribution in [2.75, 3.05) is 0 Å². The second kappa shape index (κ2) is 11.0. The van der Waals surface area contributed by atoms with Crippen LogP contribution in [0, 0.1) is 11.0 Å². The van der Waals surface area contributed by atoms with Crippen molar-refractivity contribution in [3.05, 3.63) is 117 Å². The van der Waals surface area contributed by atoms with Gasteiger partial charge in [-0.15, -0.1) is 5.10 Å². The Kier molecular flexibility index (Phi) is 7.12. The quantitative estimate of drug-likeness (QED) is 0.295. The zero-order chi connectivity index (χ0) is 28.5. The average Bonchev–Trinajstić information content (AvgIpc) is 3.49. The largest absolute Gasteiger partial charge is 0.618 e. The highest BCUT2D eigenvalue weighted by Gasteiger charge is 2.27. The first-order valence-electron chi connectivity index (χ1n) is 12.9. The topological polar surface area (TPSA) is 123 Å². The molecule has 0 aliphatic carbocycles. The maximum atomic E-state index is 14.3. The summed E-state index contributed by atoms with van der Waals surface area (Å²) in [6.07, 6.45) is 9.80. The van der Waals surface area contributed by atoms with Gasteiger partial charge >= 0.3 is 0 Å². The number of nitrogens with zero attached hydrogens (tertiary/aromatic N) is 7. The minimum atomic E-state index is -0.532. The van der Waals surface area contributed by atoms with Gasteiger partial charge in [0.1, 0.15) is 12.1 Å². The van der Waals surface area contributed by atoms with Crippen LogP contribution in [0.25, 0.3) is 22.5 Å². The van der Waals surface area contributed by atoms with E-state index in [9.17, 15) is 19.6 Å². The summed E-state index contributed by atoms with van der Waals surface area (Å²) in [7, 11) is 0. The SMILES string of the molecule is O=C1CCCCC(c2ccc(-c3cc(Cl)ccc3-n3cnnn3)c[n+]2[O-])C2=C/C(=c3/cc(F)cc/c3=N/1)N(O)C=C2. The smallest absolute Gasteiger partial charge is 0.246 e. The van der Waals surface area contributed by atoms with Gasteiger partial charge in [-0.05, 0) is 83.5 Å². The molecule has 206 valence electrons. The predicted molar refractivity (Wildman–Crippen MR) is 146 cm³/mol. The summed E-state index contributed by atoms with van der Waals surface area (Å²) in [5.41, 5.74) is 3.42. The van der Waals surface area contributed by atoms with Crippen molar-refractivity contribution in [1.82, 2.24) is 25.3 Å². The van der Waals surface area contributed by atoms with Gasteiger partial charge in [0.15, 0.2) is 11.9 Å². The Labute approximate surface area is 238 Å². The van der Waals surface area contributed by atoms with Crippen LogP contribution in [0.3, 0.4) is 0 Å². The molecule has 0 fully saturated rings. The van der Waals surface area contributed by atoms with Gasteiger partial charge in [0.25, 0.3) is 0 Å². The maximum Gasteiger partial charge on any atom is 0.246 e. The molecule has 1 atom stereocenters. The van der Waals surface area contributed by atoms with Crippen LogP contribution in [0.4, 0.5) is 4.39 Å². The number of halogens is 2. The molecule has 2 aliphatic heterocycles. The third-order valence-corrected chi connectivity index (χ3v) is 7.38. The number of benzene rings is 2. The molecule has 10 nitrogen and oxygen atoms in total. The molecule has 0 saturated carbocycles. The van der Waals surface area contributed by atoms with Crippen molar-refractivity contribution < 1.29 is 19.1 Å². The van der Waals surface area contributed by atoms with E-state index in [1.807, 2.05) is 6.07 Å². The van der Waals surface area contributed by atoms with Gasteiger partial charge in [0.2, 0.25) is 5.91 Å². The van der Waals surface area contributed by atoms with E-state index in [0.717, 1.165) is 15.4 Å². The number of tetrazole rings is 1. The second-order valence-corrected chi connectivity index (χ2v) is 10.2. The summed E-state index contributed by atoms with van der Waals surface area (Å²) in [5, 5.41) is 37.5. The van der Waals surface area contributed by atoms with E-state index in [2.05, 4.69) is 20.5 Å². The Morgan fingerprint density at radius 3 is 2.80 bits per heavy atom. The third-order valence-electron chi connectivity index (χ3n) is 7.14. The van der Waals surface area contributed by atoms with Gasteiger partial charge in [-0.2, -0.15) is 9.41 Å². The van der Waals surface area contributed by atoms with Gasteiger partial charge < -0.3 is 5.21 Å². The number of hydrogen-bond donors (Lipinski definition) is 1. The number of carbonyl (C=O) groups is 1. The molecule has 0 radical (unpaired) electrons. The highest BCUT2D eigenvalue weighted by atomic mass is 35.5. The van der Waals surface area contributed by atoms with E-state index in [1.165, 1.54) is 41.6 Å². The number of amides is 1. The van der Waals surface area contributed by atoms with Gasteiger partial charge in [-0.25, -0.2) is 14.4 Å². The normalized spacial score (nSPS) is 19.4. The van der Waals surface area contributed by atoms with Crippen LogP contribution in [-0.2, 0) is 4.79 Å². The monoisotopic (exact) mass is 571 g/mol. The highest BCUT2D eigenvalue weighted by molar-refractivity contribution is 6.31. The Morgan fingerprint density at radius 2 is 2.00 bits per heavy atom. The van der Waals surface area contributed by atoms with E-state index in [4.69, 9.17) is 11.6 Å². The fourth-order valence-electron chi connectivity index (χ4n) is 5.17. The average molecular weight is 572 g/mol. The lowest BCUT2D eigenvalue weighted by molar-refractivity contribution is -0.614. The van der Waals surface area contributed by atoms with Crippen molar-refractivity contribution in [3.8, 4) is 16.8 Å². The summed E-state index contributed by atoms with van der Waals surface area (Å²) in [4.78, 5) is 16.7. The molecule has 41 heavy (non-hydrogen) atoms. The molecule has 1 N–H and O–H groups in total. The predicted octanol–water partition coefficient (Wildman–Crippen LogP) is 3.51. The Bertz CT molecular complexity index is 1840. The molecule has 6 rings (SSSR count). The number of rotatable bonds is 3. The van der Waals surface area contributed by atoms with Crippen LogP contribution < -0.4 is 15.3 Å². The first-order chi connectivity index (χ1) is 19.9. The molecule has 1 unspecified atom stereocenters. The lowest BCUT2D eigenvalue weighted by Crippen LogP contribution is -2.35. The molecule has 4 aromatic rings. The molecule has 4 heterocycles. The first-order valence-corrected chi connectivity index (χ1v) is 13.3. The Hall–Kier alpha value is -4.74. The van der Waals surface area contributed by atoms with Crippen molar-refractivity contribution in [2.24, 2.45) is 4.99 Å². The van der Waals surface area contributed by atoms with Gasteiger partial charge in [-0.1, -0.05) is 18.0 Å². The van der Waals surface area contributed by atoms with E-state index in [-0.39, 0.29) is 34.5 Å². The molecular weight excluding hydrogens is 549 g/mol. The molecule has 2 aromatic heterocycles. The molecule has 2 bridgehead atoms. The van der Waals surface area contributed by atoms with Crippen LogP contribution in [0.15, 0.2) is 90.0 Å². The molecule has 1 amide bonds. The summed E-state index contributed by atoms with van der Waals surface area (Å²) < 4.78 is 16.6. The number of fused-ring (bicyclic) bond motifs is 2. The van der Waals surface area contributed by atoms with Crippen LogP contribution in [0.2, 0.25) is 5.02 Å². The summed E-state index contributed by atoms with van der Waals surface area (Å²) >= 11 is 6.29. The van der Waals surface area contributed by atoms with Crippen molar-refractivity contribution >= 4 is 23.2 Å². The Morgan fingerprint density at radius 1 is 1.12 bits per heavy atom. The first kappa shape index (κ1) is 26.5. The van der Waals surface area contributed by atoms with Crippen LogP contribution in [0.5, 0.6) is 0 Å². The standard InChI is InChI=1S/C29H23ClFN7O3/c30-20-6-10-26(36-17-32-34-35-36)23(14-20)19-5-9-27(38(41)16-19)22-3-1-2-4-29(39)33-25-8-7-21(31)15-24(25)28-13-18(22)11-12-37(28)40/h5-17,22,40H,1-4H2/b28-24+,33-25-. The lowest BCUT2D eigenvalue weighted by Gasteiger charge is -2.24. The number of aromatic nitrogens is 5. The van der Waals surface area contributed by atoms with E-state index < -0.39 is 5.82 Å². The number of hydroxylamine groups is 2. The van der Waals surface area contributed by atoms with Gasteiger partial charge in [-0.3, -0.25) is 10.0 Å². The molecule has 0 spiro atoms. The van der Waals surface area contributed by atoms with Crippen LogP contribution in [-0.4, -0.2) is 36.4 Å². The fourth-order valence-corrected chi connectivity index (χ4v) is 5.34. The van der Waals surface area contributed by atoms with Crippen molar-refractivity contribution in [1.29, 1.82) is 0 Å². The zero-order valence-electron chi connectivity index (χ0n) is 21.6. The molecule has 2 aliphatic rings. The van der Waals surface area contributed by atoms with Crippen molar-refractivity contribution in [2.45, 2.75) is 31.6 Å². The third kappa shape index (κ3) is 5.37. The number of allylic oxidation sites excluding steroid dienone is 2. The van der Waals surface area contributed by atoms with Crippen LogP contribution in [0.1, 0.15) is 37.3 Å². The maximum absolute atomic E-state index is 14.3. The summed E-state index contributed by atoms with van der Waals surface area (Å²) in [5.74, 6) is -1.24. The van der Waals surface area contributed by atoms with Crippen LogP contribution >= 0.6 is 11.6 Å². The molecular formula is C29H23ClFN7O3. The number of pyridine rings is 1. The minimum absolute atomic E-state index is 0.210. The van der Waals surface area contributed by atoms with Gasteiger partial charge in [0.05, 0.1) is 22.7 Å². The molecule has 0 saturated heterocycles. The van der Waals surface area contributed by atoms with Gasteiger partial charge in [0, 0.05) is 40.1 Å². The van der Waals surface area contributed by atoms with E-state index in [0.29, 0.717) is 46.8 Å². The Balaban J connectivity index is 1.47. The number of hydrogen-bond acceptors (Lipinski definition) is 7. The molecule has 12 heteroatoms. The zero-order valence-corrected chi connectivity index (χ0v) is 22.3. The summed E-state index contributed by atoms with van der Waals surface area (Å²) in [6, 6.07) is 12.7.